The number of para-hydroxylation sites is 1. The van der Waals surface area contributed by atoms with Crippen LogP contribution in [0.2, 0.25) is 0 Å². The lowest BCUT2D eigenvalue weighted by Crippen LogP contribution is -2.35. The van der Waals surface area contributed by atoms with Crippen LogP contribution in [0.25, 0.3) is 0 Å². The molecule has 0 aliphatic rings. The molecule has 0 aromatic heterocycles. The normalized spacial score (nSPS) is 9.59. The second kappa shape index (κ2) is 7.65. The van der Waals surface area contributed by atoms with Crippen LogP contribution in [0.5, 0.6) is 5.75 Å². The van der Waals surface area contributed by atoms with Crippen molar-refractivity contribution < 1.29 is 9.53 Å². The summed E-state index contributed by atoms with van der Waals surface area (Å²) in [5.74, 6) is 0.326. The number of carbonyl (C=O) groups is 1. The number of anilines is 1. The van der Waals surface area contributed by atoms with Gasteiger partial charge in [0.25, 0.3) is 5.91 Å². The predicted molar refractivity (Wildman–Crippen MR) is 85.6 cm³/mol. The summed E-state index contributed by atoms with van der Waals surface area (Å²) < 4.78 is 5.48. The number of nitriles is 1. The minimum Gasteiger partial charge on any atom is -0.484 e. The standard InChI is InChI=1S/C18H16N2O2/c1-2-11-20(16-8-4-3-5-9-16)18(21)14-22-17-10-6-7-15(12-17)13-19/h2-10,12H,1,11,14H2. The van der Waals surface area contributed by atoms with Gasteiger partial charge >= 0.3 is 0 Å². The van der Waals surface area contributed by atoms with E-state index in [1.54, 1.807) is 35.2 Å². The molecule has 2 aromatic carbocycles. The Morgan fingerprint density at radius 2 is 2.00 bits per heavy atom. The predicted octanol–water partition coefficient (Wildman–Crippen LogP) is 3.16. The fourth-order valence-corrected chi connectivity index (χ4v) is 1.97. The molecule has 4 heteroatoms. The molecule has 0 bridgehead atoms. The number of hydrogen-bond donors (Lipinski definition) is 0. The zero-order chi connectivity index (χ0) is 15.8. The zero-order valence-corrected chi connectivity index (χ0v) is 12.1. The third-order valence-corrected chi connectivity index (χ3v) is 3.01. The molecular formula is C18H16N2O2. The average molecular weight is 292 g/mol. The highest BCUT2D eigenvalue weighted by Crippen LogP contribution is 2.15. The van der Waals surface area contributed by atoms with Gasteiger partial charge in [0.15, 0.2) is 6.61 Å². The van der Waals surface area contributed by atoms with Crippen LogP contribution in [-0.2, 0) is 4.79 Å². The molecule has 0 aliphatic carbocycles. The molecule has 2 aromatic rings. The molecule has 22 heavy (non-hydrogen) atoms. The molecule has 0 spiro atoms. The van der Waals surface area contributed by atoms with Gasteiger partial charge in [0.1, 0.15) is 5.75 Å². The van der Waals surface area contributed by atoms with Gasteiger partial charge in [-0.05, 0) is 30.3 Å². The van der Waals surface area contributed by atoms with E-state index in [2.05, 4.69) is 6.58 Å². The number of amides is 1. The fourth-order valence-electron chi connectivity index (χ4n) is 1.97. The first-order chi connectivity index (χ1) is 10.7. The number of nitrogens with zero attached hydrogens (tertiary/aromatic N) is 2. The highest BCUT2D eigenvalue weighted by atomic mass is 16.5. The Kier molecular flexibility index (Phi) is 5.33. The largest absolute Gasteiger partial charge is 0.484 e. The molecule has 1 amide bonds. The van der Waals surface area contributed by atoms with Crippen LogP contribution in [0.1, 0.15) is 5.56 Å². The van der Waals surface area contributed by atoms with Crippen LogP contribution in [0, 0.1) is 11.3 Å². The Morgan fingerprint density at radius 1 is 1.23 bits per heavy atom. The number of benzene rings is 2. The van der Waals surface area contributed by atoms with E-state index in [0.29, 0.717) is 17.9 Å². The second-order valence-electron chi connectivity index (χ2n) is 4.56. The summed E-state index contributed by atoms with van der Waals surface area (Å²) in [5.41, 5.74) is 1.29. The molecule has 0 saturated carbocycles. The van der Waals surface area contributed by atoms with E-state index in [0.717, 1.165) is 5.69 Å². The minimum atomic E-state index is -0.173. The molecular weight excluding hydrogens is 276 g/mol. The van der Waals surface area contributed by atoms with Crippen LogP contribution in [0.15, 0.2) is 67.3 Å². The summed E-state index contributed by atoms with van der Waals surface area (Å²) in [6.07, 6.45) is 1.67. The van der Waals surface area contributed by atoms with Crippen LogP contribution >= 0.6 is 0 Å². The lowest BCUT2D eigenvalue weighted by molar-refractivity contribution is -0.120. The van der Waals surface area contributed by atoms with Crippen molar-refractivity contribution in [3.05, 3.63) is 72.8 Å². The van der Waals surface area contributed by atoms with Crippen molar-refractivity contribution in [3.8, 4) is 11.8 Å². The van der Waals surface area contributed by atoms with Crippen LogP contribution < -0.4 is 9.64 Å². The number of ether oxygens (including phenoxy) is 1. The Labute approximate surface area is 129 Å². The summed E-state index contributed by atoms with van der Waals surface area (Å²) in [7, 11) is 0. The summed E-state index contributed by atoms with van der Waals surface area (Å²) in [6, 6.07) is 18.1. The van der Waals surface area contributed by atoms with E-state index >= 15 is 0 Å². The second-order valence-corrected chi connectivity index (χ2v) is 4.56. The van der Waals surface area contributed by atoms with E-state index in [1.807, 2.05) is 36.4 Å². The first kappa shape index (κ1) is 15.3. The highest BCUT2D eigenvalue weighted by Gasteiger charge is 2.14. The van der Waals surface area contributed by atoms with Gasteiger partial charge in [-0.3, -0.25) is 4.79 Å². The van der Waals surface area contributed by atoms with Crippen LogP contribution in [-0.4, -0.2) is 19.1 Å². The number of hydrogen-bond acceptors (Lipinski definition) is 3. The fraction of sp³-hybridized carbons (Fsp3) is 0.111. The van der Waals surface area contributed by atoms with E-state index in [1.165, 1.54) is 0 Å². The van der Waals surface area contributed by atoms with Gasteiger partial charge in [-0.2, -0.15) is 5.26 Å². The molecule has 4 nitrogen and oxygen atoms in total. The van der Waals surface area contributed by atoms with Gasteiger partial charge in [-0.15, -0.1) is 6.58 Å². The molecule has 0 heterocycles. The number of rotatable bonds is 6. The maximum absolute atomic E-state index is 12.3. The average Bonchev–Trinajstić information content (AvgIpc) is 2.58. The zero-order valence-electron chi connectivity index (χ0n) is 12.1. The topological polar surface area (TPSA) is 53.3 Å². The Balaban J connectivity index is 2.05. The lowest BCUT2D eigenvalue weighted by Gasteiger charge is -2.21. The van der Waals surface area contributed by atoms with Gasteiger partial charge < -0.3 is 9.64 Å². The Hall–Kier alpha value is -3.06. The molecule has 0 saturated heterocycles. The lowest BCUT2D eigenvalue weighted by atomic mass is 10.2. The first-order valence-electron chi connectivity index (χ1n) is 6.84. The molecule has 0 radical (unpaired) electrons. The van der Waals surface area contributed by atoms with Gasteiger partial charge in [-0.25, -0.2) is 0 Å². The molecule has 110 valence electrons. The molecule has 0 N–H and O–H groups in total. The van der Waals surface area contributed by atoms with Gasteiger partial charge in [0, 0.05) is 12.2 Å². The van der Waals surface area contributed by atoms with Crippen molar-refractivity contribution in [2.75, 3.05) is 18.1 Å². The summed E-state index contributed by atoms with van der Waals surface area (Å²) in [5, 5.41) is 8.85. The van der Waals surface area contributed by atoms with E-state index in [9.17, 15) is 4.79 Å². The molecule has 2 rings (SSSR count). The summed E-state index contributed by atoms with van der Waals surface area (Å²) in [4.78, 5) is 13.9. The van der Waals surface area contributed by atoms with Crippen molar-refractivity contribution in [2.24, 2.45) is 0 Å². The quantitative estimate of drug-likeness (QED) is 0.768. The molecule has 0 aliphatic heterocycles. The third kappa shape index (κ3) is 3.97. The highest BCUT2D eigenvalue weighted by molar-refractivity contribution is 5.94. The smallest absolute Gasteiger partial charge is 0.265 e. The van der Waals surface area contributed by atoms with Gasteiger partial charge in [0.05, 0.1) is 11.6 Å². The van der Waals surface area contributed by atoms with E-state index in [-0.39, 0.29) is 12.5 Å². The maximum Gasteiger partial charge on any atom is 0.265 e. The Bertz CT molecular complexity index is 690. The molecule has 0 unspecified atom stereocenters. The van der Waals surface area contributed by atoms with Gasteiger partial charge in [-0.1, -0.05) is 30.3 Å². The van der Waals surface area contributed by atoms with Crippen molar-refractivity contribution in [1.82, 2.24) is 0 Å². The third-order valence-electron chi connectivity index (χ3n) is 3.01. The van der Waals surface area contributed by atoms with Crippen LogP contribution in [0.3, 0.4) is 0 Å². The van der Waals surface area contributed by atoms with E-state index < -0.39 is 0 Å². The van der Waals surface area contributed by atoms with Crippen molar-refractivity contribution in [2.45, 2.75) is 0 Å². The van der Waals surface area contributed by atoms with Crippen molar-refractivity contribution in [1.29, 1.82) is 5.26 Å². The Morgan fingerprint density at radius 3 is 2.68 bits per heavy atom. The maximum atomic E-state index is 12.3. The number of carbonyl (C=O) groups excluding carboxylic acids is 1. The molecule has 0 fully saturated rings. The van der Waals surface area contributed by atoms with Crippen LogP contribution in [0.4, 0.5) is 5.69 Å². The molecule has 0 atom stereocenters. The minimum absolute atomic E-state index is 0.0996. The SMILES string of the molecule is C=CCN(C(=O)COc1cccc(C#N)c1)c1ccccc1. The summed E-state index contributed by atoms with van der Waals surface area (Å²) >= 11 is 0. The monoisotopic (exact) mass is 292 g/mol. The van der Waals surface area contributed by atoms with E-state index in [4.69, 9.17) is 10.00 Å². The van der Waals surface area contributed by atoms with Gasteiger partial charge in [0.2, 0.25) is 0 Å². The van der Waals surface area contributed by atoms with Crippen molar-refractivity contribution in [3.63, 3.8) is 0 Å². The first-order valence-corrected chi connectivity index (χ1v) is 6.84. The summed E-state index contributed by atoms with van der Waals surface area (Å²) in [6.45, 7) is 3.99. The van der Waals surface area contributed by atoms with Crippen molar-refractivity contribution >= 4 is 11.6 Å².